The highest BCUT2D eigenvalue weighted by Gasteiger charge is 2.46. The molecule has 0 unspecified atom stereocenters. The van der Waals surface area contributed by atoms with Gasteiger partial charge in [0.1, 0.15) is 11.8 Å². The Morgan fingerprint density at radius 3 is 2.09 bits per heavy atom. The average molecular weight is 650 g/mol. The summed E-state index contributed by atoms with van der Waals surface area (Å²) in [5, 5.41) is 23.8. The zero-order valence-electron chi connectivity index (χ0n) is 28.2. The number of aliphatic carboxylic acids is 1. The lowest BCUT2D eigenvalue weighted by Crippen LogP contribution is -2.54. The monoisotopic (exact) mass is 649 g/mol. The fraction of sp³-hybridized carbons (Fsp3) is 0.694. The standard InChI is InChI=1S/C36H59NO7S/c1-5-8-10-14-17-26-45-27-18-15-12-11-13-16-19-31(36(42,24-7-3)35(40)41)33(38)37-32(34(39)43-4)28-29-20-22-30(23-21-29)44-25-9-6-2/h16,19-23,31-32,42H,5-15,17-18,24-28H2,1-4H3,(H,37,38)(H,40,41)/b19-16+/t31-,32+,36+/m1/s1. The Bertz CT molecular complexity index is 984. The maximum absolute atomic E-state index is 13.5. The first-order chi connectivity index (χ1) is 21.7. The summed E-state index contributed by atoms with van der Waals surface area (Å²) in [5.41, 5.74) is -1.53. The van der Waals surface area contributed by atoms with E-state index in [2.05, 4.69) is 19.2 Å². The second-order valence-corrected chi connectivity index (χ2v) is 13.0. The Morgan fingerprint density at radius 1 is 0.889 bits per heavy atom. The first-order valence-electron chi connectivity index (χ1n) is 17.0. The summed E-state index contributed by atoms with van der Waals surface area (Å²) in [6.45, 7) is 6.70. The highest BCUT2D eigenvalue weighted by Crippen LogP contribution is 2.27. The number of thioether (sulfide) groups is 1. The smallest absolute Gasteiger partial charge is 0.336 e. The number of carbonyl (C=O) groups excluding carboxylic acids is 2. The molecule has 0 aliphatic carbocycles. The third-order valence-electron chi connectivity index (χ3n) is 7.86. The van der Waals surface area contributed by atoms with Crippen molar-refractivity contribution in [3.05, 3.63) is 42.0 Å². The summed E-state index contributed by atoms with van der Waals surface area (Å²) < 4.78 is 10.6. The highest BCUT2D eigenvalue weighted by atomic mass is 32.2. The van der Waals surface area contributed by atoms with E-state index in [4.69, 9.17) is 9.47 Å². The van der Waals surface area contributed by atoms with Crippen molar-refractivity contribution in [3.8, 4) is 5.75 Å². The van der Waals surface area contributed by atoms with Gasteiger partial charge in [-0.05, 0) is 67.7 Å². The molecule has 0 bridgehead atoms. The normalized spacial score (nSPS) is 14.1. The summed E-state index contributed by atoms with van der Waals surface area (Å²) >= 11 is 2.03. The Kier molecular flexibility index (Phi) is 22.2. The largest absolute Gasteiger partial charge is 0.494 e. The van der Waals surface area contributed by atoms with Crippen LogP contribution in [-0.4, -0.2) is 64.9 Å². The second kappa shape index (κ2) is 24.7. The lowest BCUT2D eigenvalue weighted by molar-refractivity contribution is -0.167. The number of nitrogens with one attached hydrogen (secondary N) is 1. The lowest BCUT2D eigenvalue weighted by atomic mass is 9.82. The van der Waals surface area contributed by atoms with Crippen LogP contribution in [-0.2, 0) is 25.5 Å². The molecule has 8 nitrogen and oxygen atoms in total. The molecule has 0 aromatic heterocycles. The van der Waals surface area contributed by atoms with E-state index < -0.39 is 35.4 Å². The molecule has 0 aliphatic rings. The third-order valence-corrected chi connectivity index (χ3v) is 9.02. The van der Waals surface area contributed by atoms with Gasteiger partial charge in [0.05, 0.1) is 19.6 Å². The van der Waals surface area contributed by atoms with E-state index in [9.17, 15) is 24.6 Å². The zero-order chi connectivity index (χ0) is 33.3. The molecule has 0 fully saturated rings. The number of hydrogen-bond acceptors (Lipinski definition) is 7. The Labute approximate surface area is 276 Å². The number of esters is 1. The average Bonchev–Trinajstić information content (AvgIpc) is 3.03. The number of carboxylic acids is 1. The van der Waals surface area contributed by atoms with Crippen LogP contribution >= 0.6 is 11.8 Å². The van der Waals surface area contributed by atoms with Gasteiger partial charge in [0.2, 0.25) is 5.91 Å². The molecule has 1 rings (SSSR count). The molecule has 0 heterocycles. The van der Waals surface area contributed by atoms with Crippen LogP contribution in [0.5, 0.6) is 5.75 Å². The molecular formula is C36H59NO7S. The molecule has 1 aromatic rings. The first kappa shape index (κ1) is 40.5. The molecule has 3 atom stereocenters. The van der Waals surface area contributed by atoms with E-state index in [1.165, 1.54) is 63.2 Å². The van der Waals surface area contributed by atoms with Crippen molar-refractivity contribution in [2.45, 2.75) is 129 Å². The number of rotatable bonds is 27. The van der Waals surface area contributed by atoms with Gasteiger partial charge in [-0.25, -0.2) is 9.59 Å². The van der Waals surface area contributed by atoms with E-state index in [-0.39, 0.29) is 12.8 Å². The Morgan fingerprint density at radius 2 is 1.51 bits per heavy atom. The molecule has 1 amide bonds. The van der Waals surface area contributed by atoms with Crippen LogP contribution in [0.25, 0.3) is 0 Å². The molecule has 45 heavy (non-hydrogen) atoms. The number of carbonyl (C=O) groups is 3. The van der Waals surface area contributed by atoms with E-state index in [1.54, 1.807) is 13.0 Å². The molecule has 256 valence electrons. The molecule has 3 N–H and O–H groups in total. The van der Waals surface area contributed by atoms with Crippen LogP contribution in [0.1, 0.15) is 116 Å². The molecule has 0 spiro atoms. The topological polar surface area (TPSA) is 122 Å². The maximum Gasteiger partial charge on any atom is 0.336 e. The van der Waals surface area contributed by atoms with Gasteiger partial charge >= 0.3 is 11.9 Å². The minimum absolute atomic E-state index is 0.108. The predicted octanol–water partition coefficient (Wildman–Crippen LogP) is 7.51. The minimum atomic E-state index is -2.30. The van der Waals surface area contributed by atoms with Crippen LogP contribution < -0.4 is 10.1 Å². The van der Waals surface area contributed by atoms with Crippen LogP contribution in [0.4, 0.5) is 0 Å². The number of hydrogen-bond donors (Lipinski definition) is 3. The van der Waals surface area contributed by atoms with E-state index in [1.807, 2.05) is 36.0 Å². The van der Waals surface area contributed by atoms with Crippen molar-refractivity contribution in [3.63, 3.8) is 0 Å². The third kappa shape index (κ3) is 16.6. The molecular weight excluding hydrogens is 590 g/mol. The van der Waals surface area contributed by atoms with Crippen molar-refractivity contribution in [2.24, 2.45) is 5.92 Å². The van der Waals surface area contributed by atoms with Gasteiger partial charge in [0.15, 0.2) is 5.60 Å². The Hall–Kier alpha value is -2.52. The van der Waals surface area contributed by atoms with Gasteiger partial charge in [0, 0.05) is 6.42 Å². The molecule has 0 radical (unpaired) electrons. The summed E-state index contributed by atoms with van der Waals surface area (Å²) in [6.07, 6.45) is 17.1. The van der Waals surface area contributed by atoms with Crippen LogP contribution in [0.3, 0.4) is 0 Å². The summed E-state index contributed by atoms with van der Waals surface area (Å²) in [5.74, 6) is -1.10. The number of unbranched alkanes of at least 4 members (excludes halogenated alkanes) is 9. The van der Waals surface area contributed by atoms with Crippen molar-refractivity contribution in [2.75, 3.05) is 25.2 Å². The van der Waals surface area contributed by atoms with Gasteiger partial charge in [-0.15, -0.1) is 0 Å². The number of benzene rings is 1. The maximum atomic E-state index is 13.5. The molecule has 0 aliphatic heterocycles. The van der Waals surface area contributed by atoms with E-state index >= 15 is 0 Å². The Balaban J connectivity index is 2.78. The number of methoxy groups -OCH3 is 1. The van der Waals surface area contributed by atoms with E-state index in [0.29, 0.717) is 25.2 Å². The number of ether oxygens (including phenoxy) is 2. The van der Waals surface area contributed by atoms with E-state index in [0.717, 1.165) is 37.7 Å². The van der Waals surface area contributed by atoms with Gasteiger partial charge < -0.3 is 25.0 Å². The SMILES string of the molecule is CCCCCCCSCCCCCC/C=C/[C@H](C(=O)N[C@@H](Cc1ccc(OCCCC)cc1)C(=O)OC)[C@@](O)(CCC)C(=O)O. The summed E-state index contributed by atoms with van der Waals surface area (Å²) in [6, 6.07) is 6.20. The molecule has 0 saturated carbocycles. The van der Waals surface area contributed by atoms with Gasteiger partial charge in [-0.3, -0.25) is 4.79 Å². The van der Waals surface area contributed by atoms with Crippen molar-refractivity contribution >= 4 is 29.6 Å². The minimum Gasteiger partial charge on any atom is -0.494 e. The number of carboxylic acid groups (broad SMARTS) is 1. The number of amides is 1. The van der Waals surface area contributed by atoms with Crippen LogP contribution in [0.2, 0.25) is 0 Å². The van der Waals surface area contributed by atoms with Gasteiger partial charge in [-0.2, -0.15) is 11.8 Å². The quantitative estimate of drug-likeness (QED) is 0.0509. The number of allylic oxidation sites excluding steroid dienone is 1. The second-order valence-electron chi connectivity index (χ2n) is 11.7. The fourth-order valence-corrected chi connectivity index (χ4v) is 6.11. The zero-order valence-corrected chi connectivity index (χ0v) is 29.0. The van der Waals surface area contributed by atoms with Gasteiger partial charge in [0.25, 0.3) is 0 Å². The number of aliphatic hydroxyl groups is 1. The molecule has 1 aromatic carbocycles. The van der Waals surface area contributed by atoms with Crippen molar-refractivity contribution in [1.82, 2.24) is 5.32 Å². The lowest BCUT2D eigenvalue weighted by Gasteiger charge is -2.30. The predicted molar refractivity (Wildman–Crippen MR) is 184 cm³/mol. The molecule has 0 saturated heterocycles. The van der Waals surface area contributed by atoms with Crippen LogP contribution in [0.15, 0.2) is 36.4 Å². The van der Waals surface area contributed by atoms with Crippen molar-refractivity contribution < 1.29 is 34.1 Å². The van der Waals surface area contributed by atoms with Crippen molar-refractivity contribution in [1.29, 1.82) is 0 Å². The fourth-order valence-electron chi connectivity index (χ4n) is 5.09. The summed E-state index contributed by atoms with van der Waals surface area (Å²) in [4.78, 5) is 38.4. The van der Waals surface area contributed by atoms with Crippen LogP contribution in [0, 0.1) is 5.92 Å². The summed E-state index contributed by atoms with van der Waals surface area (Å²) in [7, 11) is 1.24. The highest BCUT2D eigenvalue weighted by molar-refractivity contribution is 7.99. The molecule has 9 heteroatoms. The van der Waals surface area contributed by atoms with Gasteiger partial charge in [-0.1, -0.05) is 96.4 Å². The first-order valence-corrected chi connectivity index (χ1v) is 18.2.